The van der Waals surface area contributed by atoms with Crippen molar-refractivity contribution in [3.8, 4) is 0 Å². The molecule has 1 saturated heterocycles. The minimum absolute atomic E-state index is 0.0695. The molecule has 164 valence electrons. The number of nitrogens with one attached hydrogen (secondary N) is 1. The van der Waals surface area contributed by atoms with Gasteiger partial charge in [0.25, 0.3) is 5.91 Å². The molecule has 0 unspecified atom stereocenters. The van der Waals surface area contributed by atoms with Crippen LogP contribution in [0.4, 0.5) is 0 Å². The topological polar surface area (TPSA) is 75.7 Å². The molecule has 1 fully saturated rings. The molecule has 2 aromatic carbocycles. The number of hydrogen-bond donors (Lipinski definition) is 1. The zero-order chi connectivity index (χ0) is 22.2. The summed E-state index contributed by atoms with van der Waals surface area (Å²) in [7, 11) is 0. The van der Waals surface area contributed by atoms with Gasteiger partial charge in [0.15, 0.2) is 6.61 Å². The van der Waals surface area contributed by atoms with Crippen molar-refractivity contribution >= 4 is 41.1 Å². The average Bonchev–Trinajstić information content (AvgIpc) is 3.31. The predicted octanol–water partition coefficient (Wildman–Crippen LogP) is 4.09. The van der Waals surface area contributed by atoms with Crippen molar-refractivity contribution in [1.29, 1.82) is 0 Å². The number of amides is 2. The van der Waals surface area contributed by atoms with Gasteiger partial charge in [-0.15, -0.1) is 11.8 Å². The zero-order valence-corrected chi connectivity index (χ0v) is 18.9. The van der Waals surface area contributed by atoms with E-state index in [1.165, 1.54) is 11.8 Å². The molecule has 2 aromatic rings. The van der Waals surface area contributed by atoms with Crippen molar-refractivity contribution in [3.63, 3.8) is 0 Å². The van der Waals surface area contributed by atoms with Crippen LogP contribution in [0, 0.1) is 0 Å². The van der Waals surface area contributed by atoms with Crippen LogP contribution in [0.5, 0.6) is 0 Å². The number of esters is 1. The molecule has 0 aliphatic carbocycles. The molecule has 0 bridgehead atoms. The fourth-order valence-corrected chi connectivity index (χ4v) is 4.45. The van der Waals surface area contributed by atoms with E-state index in [1.807, 2.05) is 24.0 Å². The standard InChI is InChI=1S/C23H25ClN2O4S/c1-16(17-7-6-8-18(24)13-17)25-21(27)14-30-23(29)19-9-2-3-10-20(19)31-15-22(28)26-11-4-5-12-26/h2-3,6-10,13,16H,4-5,11-12,14-15H2,1H3,(H,25,27)/t16-/m1/s1. The van der Waals surface area contributed by atoms with Gasteiger partial charge >= 0.3 is 5.97 Å². The molecule has 2 amide bonds. The number of nitrogens with zero attached hydrogens (tertiary/aromatic N) is 1. The van der Waals surface area contributed by atoms with E-state index in [9.17, 15) is 14.4 Å². The van der Waals surface area contributed by atoms with Crippen LogP contribution in [-0.4, -0.2) is 48.1 Å². The third kappa shape index (κ3) is 6.74. The van der Waals surface area contributed by atoms with E-state index >= 15 is 0 Å². The smallest absolute Gasteiger partial charge is 0.339 e. The van der Waals surface area contributed by atoms with Gasteiger partial charge in [0.2, 0.25) is 5.91 Å². The van der Waals surface area contributed by atoms with Crippen LogP contribution in [0.1, 0.15) is 41.7 Å². The number of halogens is 1. The maximum absolute atomic E-state index is 12.5. The van der Waals surface area contributed by atoms with Crippen LogP contribution < -0.4 is 5.32 Å². The van der Waals surface area contributed by atoms with Gasteiger partial charge < -0.3 is 15.0 Å². The van der Waals surface area contributed by atoms with Gasteiger partial charge in [-0.2, -0.15) is 0 Å². The van der Waals surface area contributed by atoms with Gasteiger partial charge in [-0.1, -0.05) is 35.9 Å². The third-order valence-electron chi connectivity index (χ3n) is 4.98. The van der Waals surface area contributed by atoms with Gasteiger partial charge in [-0.3, -0.25) is 9.59 Å². The molecule has 6 nitrogen and oxygen atoms in total. The Labute approximate surface area is 191 Å². The molecule has 1 atom stereocenters. The molecular formula is C23H25ClN2O4S. The van der Waals surface area contributed by atoms with E-state index in [4.69, 9.17) is 16.3 Å². The number of carbonyl (C=O) groups is 3. The summed E-state index contributed by atoms with van der Waals surface area (Å²) in [5, 5.41) is 3.37. The van der Waals surface area contributed by atoms with Gasteiger partial charge in [-0.05, 0) is 49.6 Å². The first-order valence-electron chi connectivity index (χ1n) is 10.2. The Morgan fingerprint density at radius 3 is 2.61 bits per heavy atom. The van der Waals surface area contributed by atoms with Crippen LogP contribution in [0.3, 0.4) is 0 Å². The summed E-state index contributed by atoms with van der Waals surface area (Å²) < 4.78 is 5.21. The lowest BCUT2D eigenvalue weighted by molar-refractivity contribution is -0.127. The highest BCUT2D eigenvalue weighted by Gasteiger charge is 2.20. The summed E-state index contributed by atoms with van der Waals surface area (Å²) in [6.45, 7) is 3.03. The first-order valence-corrected chi connectivity index (χ1v) is 11.5. The second-order valence-electron chi connectivity index (χ2n) is 7.29. The van der Waals surface area contributed by atoms with Crippen LogP contribution in [0.25, 0.3) is 0 Å². The normalized spacial score (nSPS) is 14.2. The van der Waals surface area contributed by atoms with E-state index < -0.39 is 18.5 Å². The maximum Gasteiger partial charge on any atom is 0.339 e. The number of carbonyl (C=O) groups excluding carboxylic acids is 3. The van der Waals surface area contributed by atoms with E-state index in [0.29, 0.717) is 15.5 Å². The molecule has 3 rings (SSSR count). The summed E-state index contributed by atoms with van der Waals surface area (Å²) in [4.78, 5) is 39.6. The molecule has 1 N–H and O–H groups in total. The summed E-state index contributed by atoms with van der Waals surface area (Å²) in [5.74, 6) is -0.667. The first kappa shape index (κ1) is 23.2. The van der Waals surface area contributed by atoms with E-state index in [1.54, 1.807) is 36.4 Å². The van der Waals surface area contributed by atoms with Crippen LogP contribution in [0.2, 0.25) is 5.02 Å². The number of hydrogen-bond acceptors (Lipinski definition) is 5. The van der Waals surface area contributed by atoms with E-state index in [0.717, 1.165) is 31.5 Å². The van der Waals surface area contributed by atoms with E-state index in [-0.39, 0.29) is 17.7 Å². The largest absolute Gasteiger partial charge is 0.452 e. The van der Waals surface area contributed by atoms with Crippen molar-refractivity contribution in [2.24, 2.45) is 0 Å². The Balaban J connectivity index is 1.51. The molecule has 1 aliphatic rings. The minimum Gasteiger partial charge on any atom is -0.452 e. The number of ether oxygens (including phenoxy) is 1. The minimum atomic E-state index is -0.595. The Morgan fingerprint density at radius 1 is 1.13 bits per heavy atom. The summed E-state index contributed by atoms with van der Waals surface area (Å²) in [6.07, 6.45) is 2.08. The Bertz CT molecular complexity index is 947. The highest BCUT2D eigenvalue weighted by molar-refractivity contribution is 8.00. The summed E-state index contributed by atoms with van der Waals surface area (Å²) in [6, 6.07) is 13.9. The van der Waals surface area contributed by atoms with Gasteiger partial charge in [-0.25, -0.2) is 4.79 Å². The molecule has 0 spiro atoms. The van der Waals surface area contributed by atoms with E-state index in [2.05, 4.69) is 5.32 Å². The average molecular weight is 461 g/mol. The molecule has 1 heterocycles. The Kier molecular flexibility index (Phi) is 8.37. The van der Waals surface area contributed by atoms with Crippen molar-refractivity contribution in [3.05, 3.63) is 64.7 Å². The lowest BCUT2D eigenvalue weighted by atomic mass is 10.1. The SMILES string of the molecule is C[C@@H](NC(=O)COC(=O)c1ccccc1SCC(=O)N1CCCC1)c1cccc(Cl)c1. The first-order chi connectivity index (χ1) is 14.9. The highest BCUT2D eigenvalue weighted by atomic mass is 35.5. The van der Waals surface area contributed by atoms with Gasteiger partial charge in [0.1, 0.15) is 0 Å². The van der Waals surface area contributed by atoms with Crippen molar-refractivity contribution in [2.75, 3.05) is 25.4 Å². The summed E-state index contributed by atoms with van der Waals surface area (Å²) >= 11 is 7.29. The molecule has 0 saturated carbocycles. The molecular weight excluding hydrogens is 436 g/mol. The van der Waals surface area contributed by atoms with Crippen LogP contribution in [0.15, 0.2) is 53.4 Å². The second kappa shape index (κ2) is 11.2. The highest BCUT2D eigenvalue weighted by Crippen LogP contribution is 2.24. The Morgan fingerprint density at radius 2 is 1.87 bits per heavy atom. The quantitative estimate of drug-likeness (QED) is 0.474. The number of rotatable bonds is 8. The van der Waals surface area contributed by atoms with Crippen LogP contribution >= 0.6 is 23.4 Å². The lowest BCUT2D eigenvalue weighted by Crippen LogP contribution is -2.31. The molecule has 1 aliphatic heterocycles. The molecule has 31 heavy (non-hydrogen) atoms. The molecule has 0 radical (unpaired) electrons. The molecule has 0 aromatic heterocycles. The van der Waals surface area contributed by atoms with Gasteiger partial charge in [0, 0.05) is 23.0 Å². The van der Waals surface area contributed by atoms with Crippen LogP contribution in [-0.2, 0) is 14.3 Å². The molecule has 8 heteroatoms. The number of benzene rings is 2. The van der Waals surface area contributed by atoms with Crippen molar-refractivity contribution < 1.29 is 19.1 Å². The second-order valence-corrected chi connectivity index (χ2v) is 8.75. The van der Waals surface area contributed by atoms with Gasteiger partial charge in [0.05, 0.1) is 17.4 Å². The van der Waals surface area contributed by atoms with Crippen molar-refractivity contribution in [2.45, 2.75) is 30.7 Å². The number of thioether (sulfide) groups is 1. The fourth-order valence-electron chi connectivity index (χ4n) is 3.31. The summed E-state index contributed by atoms with van der Waals surface area (Å²) in [5.41, 5.74) is 1.20. The third-order valence-corrected chi connectivity index (χ3v) is 6.27. The zero-order valence-electron chi connectivity index (χ0n) is 17.3. The maximum atomic E-state index is 12.5. The Hall–Kier alpha value is -2.51. The number of likely N-dealkylation sites (tertiary alicyclic amines) is 1. The monoisotopic (exact) mass is 460 g/mol. The van der Waals surface area contributed by atoms with Crippen molar-refractivity contribution in [1.82, 2.24) is 10.2 Å². The fraction of sp³-hybridized carbons (Fsp3) is 0.348. The predicted molar refractivity (Wildman–Crippen MR) is 121 cm³/mol. The lowest BCUT2D eigenvalue weighted by Gasteiger charge is -2.16.